The van der Waals surface area contributed by atoms with Crippen LogP contribution in [0.5, 0.6) is 0 Å². The number of rotatable bonds is 6. The average Bonchev–Trinajstić information content (AvgIpc) is 2.58. The largest absolute Gasteiger partial charge is 0.373 e. The molecule has 0 radical (unpaired) electrons. The van der Waals surface area contributed by atoms with E-state index in [-0.39, 0.29) is 35.4 Å². The normalized spacial score (nSPS) is 25.5. The molecule has 2 fully saturated rings. The number of carbonyl (C=O) groups is 1. The molecule has 1 aliphatic heterocycles. The lowest BCUT2D eigenvalue weighted by Crippen LogP contribution is -2.63. The van der Waals surface area contributed by atoms with Gasteiger partial charge in [0.15, 0.2) is 0 Å². The second kappa shape index (κ2) is 9.54. The fourth-order valence-electron chi connectivity index (χ4n) is 4.12. The minimum Gasteiger partial charge on any atom is -0.373 e. The van der Waals surface area contributed by atoms with Gasteiger partial charge >= 0.3 is 0 Å². The summed E-state index contributed by atoms with van der Waals surface area (Å²) in [5.74, 6) is 0.219. The molecule has 5 nitrogen and oxygen atoms in total. The van der Waals surface area contributed by atoms with Crippen molar-refractivity contribution < 1.29 is 9.53 Å². The number of amides is 1. The van der Waals surface area contributed by atoms with Crippen LogP contribution in [0.2, 0.25) is 0 Å². The third-order valence-electron chi connectivity index (χ3n) is 6.03. The van der Waals surface area contributed by atoms with Crippen LogP contribution in [0, 0.1) is 5.92 Å². The molecule has 2 atom stereocenters. The van der Waals surface area contributed by atoms with Gasteiger partial charge in [0, 0.05) is 25.2 Å². The lowest BCUT2D eigenvalue weighted by Gasteiger charge is -2.51. The maximum Gasteiger partial charge on any atom is 0.237 e. The number of halogens is 1. The van der Waals surface area contributed by atoms with Gasteiger partial charge in [0.1, 0.15) is 0 Å². The Balaban J connectivity index is 0.00000312. The lowest BCUT2D eigenvalue weighted by molar-refractivity contribution is -0.130. The quantitative estimate of drug-likeness (QED) is 0.749. The molecule has 1 aliphatic carbocycles. The number of carbonyl (C=O) groups excluding carboxylic acids is 1. The van der Waals surface area contributed by atoms with Crippen LogP contribution in [-0.4, -0.2) is 54.2 Å². The third-order valence-corrected chi connectivity index (χ3v) is 6.03. The molecular formula is C19H38ClN3O2. The summed E-state index contributed by atoms with van der Waals surface area (Å²) >= 11 is 0. The van der Waals surface area contributed by atoms with Gasteiger partial charge < -0.3 is 15.8 Å². The fourth-order valence-corrected chi connectivity index (χ4v) is 4.12. The van der Waals surface area contributed by atoms with E-state index >= 15 is 0 Å². The number of nitrogens with one attached hydrogen (secondary N) is 1. The van der Waals surface area contributed by atoms with E-state index < -0.39 is 6.04 Å². The summed E-state index contributed by atoms with van der Waals surface area (Å²) in [6.07, 6.45) is 7.02. The van der Waals surface area contributed by atoms with Crippen LogP contribution in [0.15, 0.2) is 0 Å². The maximum absolute atomic E-state index is 12.5. The van der Waals surface area contributed by atoms with Gasteiger partial charge in [0.25, 0.3) is 0 Å². The van der Waals surface area contributed by atoms with Gasteiger partial charge in [-0.25, -0.2) is 0 Å². The highest BCUT2D eigenvalue weighted by atomic mass is 35.5. The van der Waals surface area contributed by atoms with E-state index in [4.69, 9.17) is 10.5 Å². The first-order valence-electron chi connectivity index (χ1n) is 9.72. The number of ether oxygens (including phenoxy) is 1. The Hall–Kier alpha value is -0.360. The highest BCUT2D eigenvalue weighted by molar-refractivity contribution is 5.85. The molecule has 0 aromatic carbocycles. The Morgan fingerprint density at radius 1 is 1.28 bits per heavy atom. The van der Waals surface area contributed by atoms with Crippen molar-refractivity contribution in [1.82, 2.24) is 10.2 Å². The van der Waals surface area contributed by atoms with Crippen molar-refractivity contribution in [3.63, 3.8) is 0 Å². The molecule has 2 rings (SSSR count). The van der Waals surface area contributed by atoms with Gasteiger partial charge in [-0.1, -0.05) is 39.5 Å². The van der Waals surface area contributed by atoms with Gasteiger partial charge in [-0.2, -0.15) is 0 Å². The highest BCUT2D eigenvalue weighted by Crippen LogP contribution is 2.36. The van der Waals surface area contributed by atoms with Gasteiger partial charge in [-0.3, -0.25) is 9.69 Å². The van der Waals surface area contributed by atoms with Crippen molar-refractivity contribution in [3.05, 3.63) is 0 Å². The molecule has 0 bridgehead atoms. The summed E-state index contributed by atoms with van der Waals surface area (Å²) < 4.78 is 5.89. The second-order valence-corrected chi connectivity index (χ2v) is 8.44. The zero-order valence-electron chi connectivity index (χ0n) is 16.5. The molecule has 1 saturated carbocycles. The summed E-state index contributed by atoms with van der Waals surface area (Å²) in [4.78, 5) is 15.0. The highest BCUT2D eigenvalue weighted by Gasteiger charge is 2.42. The lowest BCUT2D eigenvalue weighted by atomic mass is 9.79. The number of nitrogens with zero attached hydrogens (tertiary/aromatic N) is 1. The van der Waals surface area contributed by atoms with E-state index in [1.165, 1.54) is 19.3 Å². The predicted octanol–water partition coefficient (Wildman–Crippen LogP) is 2.71. The van der Waals surface area contributed by atoms with Crippen molar-refractivity contribution in [2.45, 2.75) is 83.4 Å². The second-order valence-electron chi connectivity index (χ2n) is 8.44. The van der Waals surface area contributed by atoms with Crippen molar-refractivity contribution in [2.24, 2.45) is 11.7 Å². The standard InChI is InChI=1S/C19H37N3O2.ClH/c1-5-15(2)16(20)17(23)21-13-19(9-7-6-8-10-19)22-11-12-24-18(3,4)14-22;/h15-16H,5-14,20H2,1-4H3,(H,21,23);1H. The zero-order chi connectivity index (χ0) is 17.8. The molecule has 0 aromatic heterocycles. The topological polar surface area (TPSA) is 67.6 Å². The molecular weight excluding hydrogens is 338 g/mol. The third kappa shape index (κ3) is 5.81. The summed E-state index contributed by atoms with van der Waals surface area (Å²) in [6.45, 7) is 11.8. The smallest absolute Gasteiger partial charge is 0.237 e. The Morgan fingerprint density at radius 2 is 1.92 bits per heavy atom. The molecule has 3 N–H and O–H groups in total. The van der Waals surface area contributed by atoms with Gasteiger partial charge in [-0.15, -0.1) is 12.4 Å². The Labute approximate surface area is 159 Å². The van der Waals surface area contributed by atoms with E-state index in [9.17, 15) is 4.79 Å². The number of nitrogens with two attached hydrogens (primary N) is 1. The van der Waals surface area contributed by atoms with Gasteiger partial charge in [-0.05, 0) is 32.6 Å². The van der Waals surface area contributed by atoms with E-state index in [0.717, 1.165) is 39.0 Å². The van der Waals surface area contributed by atoms with Gasteiger partial charge in [0.05, 0.1) is 18.2 Å². The van der Waals surface area contributed by atoms with Crippen LogP contribution in [0.3, 0.4) is 0 Å². The molecule has 148 valence electrons. The molecule has 6 heteroatoms. The molecule has 25 heavy (non-hydrogen) atoms. The van der Waals surface area contributed by atoms with E-state index in [1.54, 1.807) is 0 Å². The summed E-state index contributed by atoms with van der Waals surface area (Å²) in [6, 6.07) is -0.406. The van der Waals surface area contributed by atoms with Crippen LogP contribution >= 0.6 is 12.4 Å². The van der Waals surface area contributed by atoms with E-state index in [1.807, 2.05) is 6.92 Å². The van der Waals surface area contributed by atoms with Gasteiger partial charge in [0.2, 0.25) is 5.91 Å². The Kier molecular flexibility index (Phi) is 8.65. The molecule has 1 heterocycles. The number of morpholine rings is 1. The minimum atomic E-state index is -0.406. The molecule has 0 aromatic rings. The first kappa shape index (κ1) is 22.7. The molecule has 0 spiro atoms. The van der Waals surface area contributed by atoms with Crippen molar-refractivity contribution in [2.75, 3.05) is 26.2 Å². The maximum atomic E-state index is 12.5. The van der Waals surface area contributed by atoms with E-state index in [2.05, 4.69) is 31.0 Å². The molecule has 1 amide bonds. The minimum absolute atomic E-state index is 0. The fraction of sp³-hybridized carbons (Fsp3) is 0.947. The zero-order valence-corrected chi connectivity index (χ0v) is 17.3. The van der Waals surface area contributed by atoms with E-state index in [0.29, 0.717) is 6.54 Å². The van der Waals surface area contributed by atoms with Crippen LogP contribution in [0.25, 0.3) is 0 Å². The van der Waals surface area contributed by atoms with Crippen LogP contribution in [-0.2, 0) is 9.53 Å². The van der Waals surface area contributed by atoms with Crippen molar-refractivity contribution >= 4 is 18.3 Å². The van der Waals surface area contributed by atoms with Crippen LogP contribution in [0.4, 0.5) is 0 Å². The SMILES string of the molecule is CCC(C)C(N)C(=O)NCC1(N2CCOC(C)(C)C2)CCCCC1.Cl. The van der Waals surface area contributed by atoms with Crippen LogP contribution in [0.1, 0.15) is 66.2 Å². The predicted molar refractivity (Wildman–Crippen MR) is 105 cm³/mol. The Morgan fingerprint density at radius 3 is 2.48 bits per heavy atom. The first-order valence-corrected chi connectivity index (χ1v) is 9.72. The van der Waals surface area contributed by atoms with Crippen molar-refractivity contribution in [3.8, 4) is 0 Å². The average molecular weight is 376 g/mol. The van der Waals surface area contributed by atoms with Crippen LogP contribution < -0.4 is 11.1 Å². The summed E-state index contributed by atoms with van der Waals surface area (Å²) in [5.41, 5.74) is 6.07. The summed E-state index contributed by atoms with van der Waals surface area (Å²) in [7, 11) is 0. The number of hydrogen-bond acceptors (Lipinski definition) is 4. The molecule has 1 saturated heterocycles. The molecule has 2 unspecified atom stereocenters. The monoisotopic (exact) mass is 375 g/mol. The summed E-state index contributed by atoms with van der Waals surface area (Å²) in [5, 5.41) is 3.19. The first-order chi connectivity index (χ1) is 11.3. The number of hydrogen-bond donors (Lipinski definition) is 2. The Bertz CT molecular complexity index is 425. The molecule has 2 aliphatic rings. The van der Waals surface area contributed by atoms with Crippen molar-refractivity contribution in [1.29, 1.82) is 0 Å².